The van der Waals surface area contributed by atoms with Gasteiger partial charge >= 0.3 is 0 Å². The SMILES string of the molecule is CCN1CCCC1CNC(=O)Cn1cnc2sc(C)c(S(=O)(=O)N3CC(C)CC(C)C3)c2c1=O. The Morgan fingerprint density at radius 2 is 1.97 bits per heavy atom. The number of carbonyl (C=O) groups excluding carboxylic acids is 1. The third-order valence-corrected chi connectivity index (χ3v) is 10.1. The van der Waals surface area contributed by atoms with Crippen molar-refractivity contribution in [1.82, 2.24) is 24.1 Å². The fourth-order valence-electron chi connectivity index (χ4n) is 5.45. The Morgan fingerprint density at radius 1 is 1.26 bits per heavy atom. The average molecular weight is 510 g/mol. The standard InChI is InChI=1S/C23H35N5O4S2/c1-5-26-8-6-7-18(26)10-24-19(29)13-27-14-25-22-20(23(27)30)21(17(4)33-22)34(31,32)28-11-15(2)9-16(3)12-28/h14-16,18H,5-13H2,1-4H3,(H,24,29). The summed E-state index contributed by atoms with van der Waals surface area (Å²) in [6.07, 6.45) is 4.49. The molecule has 4 rings (SSSR count). The van der Waals surface area contributed by atoms with Crippen LogP contribution in [0.5, 0.6) is 0 Å². The normalized spacial score (nSPS) is 24.6. The molecule has 9 nitrogen and oxygen atoms in total. The van der Waals surface area contributed by atoms with E-state index in [0.29, 0.717) is 35.4 Å². The van der Waals surface area contributed by atoms with Gasteiger partial charge in [0.25, 0.3) is 5.56 Å². The summed E-state index contributed by atoms with van der Waals surface area (Å²) in [5.41, 5.74) is -0.489. The minimum absolute atomic E-state index is 0.0469. The first-order valence-electron chi connectivity index (χ1n) is 12.1. The highest BCUT2D eigenvalue weighted by Crippen LogP contribution is 2.35. The molecule has 4 heterocycles. The van der Waals surface area contributed by atoms with Crippen LogP contribution in [0.4, 0.5) is 0 Å². The van der Waals surface area contributed by atoms with Crippen molar-refractivity contribution < 1.29 is 13.2 Å². The number of fused-ring (bicyclic) bond motifs is 1. The van der Waals surface area contributed by atoms with Crippen LogP contribution in [0, 0.1) is 18.8 Å². The van der Waals surface area contributed by atoms with E-state index in [1.807, 2.05) is 0 Å². The number of nitrogens with zero attached hydrogens (tertiary/aromatic N) is 4. The number of amides is 1. The summed E-state index contributed by atoms with van der Waals surface area (Å²) in [6.45, 7) is 11.2. The molecule has 2 aromatic heterocycles. The first kappa shape index (κ1) is 25.3. The Morgan fingerprint density at radius 3 is 2.65 bits per heavy atom. The second kappa shape index (κ2) is 10.0. The van der Waals surface area contributed by atoms with Crippen LogP contribution in [-0.4, -0.2) is 71.8 Å². The van der Waals surface area contributed by atoms with Gasteiger partial charge in [0.1, 0.15) is 16.3 Å². The molecule has 2 aliphatic rings. The van der Waals surface area contributed by atoms with Gasteiger partial charge in [-0.1, -0.05) is 20.8 Å². The summed E-state index contributed by atoms with van der Waals surface area (Å²) < 4.78 is 30.0. The fourth-order valence-corrected chi connectivity index (χ4v) is 8.80. The summed E-state index contributed by atoms with van der Waals surface area (Å²) in [7, 11) is -3.86. The largest absolute Gasteiger partial charge is 0.353 e. The van der Waals surface area contributed by atoms with Crippen molar-refractivity contribution in [2.24, 2.45) is 11.8 Å². The number of likely N-dealkylation sites (N-methyl/N-ethyl adjacent to an activating group) is 1. The van der Waals surface area contributed by atoms with E-state index in [-0.39, 0.29) is 34.6 Å². The number of carbonyl (C=O) groups is 1. The van der Waals surface area contributed by atoms with Crippen LogP contribution in [0.3, 0.4) is 0 Å². The van der Waals surface area contributed by atoms with E-state index in [4.69, 9.17) is 0 Å². The molecule has 2 saturated heterocycles. The van der Waals surface area contributed by atoms with Crippen LogP contribution < -0.4 is 10.9 Å². The van der Waals surface area contributed by atoms with E-state index in [2.05, 4.69) is 36.0 Å². The van der Waals surface area contributed by atoms with Crippen molar-refractivity contribution in [2.45, 2.75) is 64.4 Å². The van der Waals surface area contributed by atoms with Crippen molar-refractivity contribution in [2.75, 3.05) is 32.7 Å². The molecule has 3 unspecified atom stereocenters. The van der Waals surface area contributed by atoms with Gasteiger partial charge in [0.05, 0.1) is 11.7 Å². The second-order valence-electron chi connectivity index (χ2n) is 9.84. The topological polar surface area (TPSA) is 105 Å². The molecule has 11 heteroatoms. The summed E-state index contributed by atoms with van der Waals surface area (Å²) in [4.78, 5) is 33.7. The minimum Gasteiger partial charge on any atom is -0.353 e. The Bertz CT molecular complexity index is 1210. The predicted molar refractivity (Wildman–Crippen MR) is 134 cm³/mol. The van der Waals surface area contributed by atoms with Crippen LogP contribution >= 0.6 is 11.3 Å². The maximum absolute atomic E-state index is 13.6. The molecule has 1 N–H and O–H groups in total. The highest BCUT2D eigenvalue weighted by atomic mass is 32.2. The number of nitrogens with one attached hydrogen (secondary N) is 1. The lowest BCUT2D eigenvalue weighted by molar-refractivity contribution is -0.121. The first-order valence-corrected chi connectivity index (χ1v) is 14.4. The zero-order valence-corrected chi connectivity index (χ0v) is 22.0. The first-order chi connectivity index (χ1) is 16.1. The Balaban J connectivity index is 1.59. The van der Waals surface area contributed by atoms with Gasteiger partial charge in [0.2, 0.25) is 15.9 Å². The molecule has 0 bridgehead atoms. The monoisotopic (exact) mass is 509 g/mol. The van der Waals surface area contributed by atoms with Crippen molar-refractivity contribution in [3.05, 3.63) is 21.6 Å². The van der Waals surface area contributed by atoms with E-state index in [0.717, 1.165) is 32.4 Å². The molecule has 0 aliphatic carbocycles. The molecule has 0 saturated carbocycles. The number of piperidine rings is 1. The maximum atomic E-state index is 13.6. The average Bonchev–Trinajstić information content (AvgIpc) is 3.37. The molecule has 0 radical (unpaired) electrons. The van der Waals surface area contributed by atoms with Crippen molar-refractivity contribution >= 4 is 37.5 Å². The van der Waals surface area contributed by atoms with Gasteiger partial charge < -0.3 is 5.32 Å². The molecule has 2 fully saturated rings. The molecule has 2 aromatic rings. The van der Waals surface area contributed by atoms with E-state index in [1.54, 1.807) is 6.92 Å². The number of hydrogen-bond acceptors (Lipinski definition) is 7. The summed E-state index contributed by atoms with van der Waals surface area (Å²) in [6, 6.07) is 0.317. The molecule has 188 valence electrons. The van der Waals surface area contributed by atoms with Gasteiger partial charge in [-0.25, -0.2) is 13.4 Å². The summed E-state index contributed by atoms with van der Waals surface area (Å²) in [5, 5.41) is 3.03. The molecule has 3 atom stereocenters. The number of aryl methyl sites for hydroxylation is 1. The van der Waals surface area contributed by atoms with E-state index >= 15 is 0 Å². The predicted octanol–water partition coefficient (Wildman–Crippen LogP) is 2.03. The highest BCUT2D eigenvalue weighted by molar-refractivity contribution is 7.89. The van der Waals surface area contributed by atoms with E-state index < -0.39 is 15.6 Å². The van der Waals surface area contributed by atoms with Crippen LogP contribution in [0.2, 0.25) is 0 Å². The van der Waals surface area contributed by atoms with E-state index in [9.17, 15) is 18.0 Å². The number of thiophene rings is 1. The lowest BCUT2D eigenvalue weighted by atomic mass is 9.94. The second-order valence-corrected chi connectivity index (χ2v) is 12.9. The van der Waals surface area contributed by atoms with Gasteiger partial charge in [-0.3, -0.25) is 19.1 Å². The quantitative estimate of drug-likeness (QED) is 0.613. The van der Waals surface area contributed by atoms with Gasteiger partial charge in [0.15, 0.2) is 0 Å². The van der Waals surface area contributed by atoms with Crippen molar-refractivity contribution in [3.63, 3.8) is 0 Å². The molecule has 34 heavy (non-hydrogen) atoms. The van der Waals surface area contributed by atoms with Gasteiger partial charge in [-0.15, -0.1) is 11.3 Å². The van der Waals surface area contributed by atoms with Crippen LogP contribution in [0.15, 0.2) is 16.0 Å². The lowest BCUT2D eigenvalue weighted by Crippen LogP contribution is -2.43. The molecular formula is C23H35N5O4S2. The third-order valence-electron chi connectivity index (χ3n) is 6.99. The van der Waals surface area contributed by atoms with Crippen molar-refractivity contribution in [3.8, 4) is 0 Å². The smallest absolute Gasteiger partial charge is 0.263 e. The zero-order chi connectivity index (χ0) is 24.6. The highest BCUT2D eigenvalue weighted by Gasteiger charge is 2.36. The summed E-state index contributed by atoms with van der Waals surface area (Å²) in [5.74, 6) is 0.234. The Labute approximate surface area is 205 Å². The third kappa shape index (κ3) is 4.93. The van der Waals surface area contributed by atoms with E-state index in [1.165, 1.54) is 26.5 Å². The number of aromatic nitrogens is 2. The Hall–Kier alpha value is -1.82. The minimum atomic E-state index is -3.86. The van der Waals surface area contributed by atoms with Gasteiger partial charge in [-0.2, -0.15) is 4.31 Å². The Kier molecular flexibility index (Phi) is 7.47. The maximum Gasteiger partial charge on any atom is 0.263 e. The molecule has 0 spiro atoms. The zero-order valence-electron chi connectivity index (χ0n) is 20.4. The number of rotatable bonds is 7. The summed E-state index contributed by atoms with van der Waals surface area (Å²) >= 11 is 1.21. The fraction of sp³-hybridized carbons (Fsp3) is 0.696. The number of likely N-dealkylation sites (tertiary alicyclic amines) is 1. The molecule has 2 aliphatic heterocycles. The van der Waals surface area contributed by atoms with Gasteiger partial charge in [-0.05, 0) is 51.1 Å². The van der Waals surface area contributed by atoms with Crippen molar-refractivity contribution in [1.29, 1.82) is 0 Å². The molecular weight excluding hydrogens is 474 g/mol. The molecule has 1 amide bonds. The van der Waals surface area contributed by atoms with Crippen LogP contribution in [0.25, 0.3) is 10.2 Å². The van der Waals surface area contributed by atoms with Crippen LogP contribution in [-0.2, 0) is 21.4 Å². The number of hydrogen-bond donors (Lipinski definition) is 1. The molecule has 0 aromatic carbocycles. The van der Waals surface area contributed by atoms with Gasteiger partial charge in [0, 0.05) is 30.6 Å². The van der Waals surface area contributed by atoms with Crippen LogP contribution in [0.1, 0.15) is 44.9 Å². The number of sulfonamides is 1. The lowest BCUT2D eigenvalue weighted by Gasteiger charge is -2.34.